The van der Waals surface area contributed by atoms with E-state index < -0.39 is 52.9 Å². The van der Waals surface area contributed by atoms with Crippen molar-refractivity contribution in [3.63, 3.8) is 0 Å². The highest BCUT2D eigenvalue weighted by atomic mass is 16.5. The molecule has 2 heterocycles. The van der Waals surface area contributed by atoms with Gasteiger partial charge in [0.25, 0.3) is 0 Å². The summed E-state index contributed by atoms with van der Waals surface area (Å²) < 4.78 is 11.3. The molecule has 3 aromatic carbocycles. The minimum atomic E-state index is -2.13. The molecule has 2 fully saturated rings. The molecule has 8 heteroatoms. The number of benzene rings is 3. The van der Waals surface area contributed by atoms with E-state index in [4.69, 9.17) is 9.47 Å². The first-order chi connectivity index (χ1) is 18.3. The Bertz CT molecular complexity index is 1490. The molecule has 0 radical (unpaired) electrons. The summed E-state index contributed by atoms with van der Waals surface area (Å²) in [6, 6.07) is 19.5. The van der Waals surface area contributed by atoms with Crippen molar-refractivity contribution in [1.82, 2.24) is 0 Å². The lowest BCUT2D eigenvalue weighted by atomic mass is 9.77. The van der Waals surface area contributed by atoms with Crippen LogP contribution in [0.25, 0.3) is 0 Å². The second-order valence-electron chi connectivity index (χ2n) is 9.67. The van der Waals surface area contributed by atoms with E-state index in [0.717, 1.165) is 10.5 Å². The second-order valence-corrected chi connectivity index (χ2v) is 9.67. The van der Waals surface area contributed by atoms with Gasteiger partial charge in [0.2, 0.25) is 29.0 Å². The maximum Gasteiger partial charge on any atom is 0.338 e. The van der Waals surface area contributed by atoms with Crippen molar-refractivity contribution in [2.75, 3.05) is 11.5 Å². The molecule has 0 N–H and O–H groups in total. The van der Waals surface area contributed by atoms with Gasteiger partial charge in [-0.3, -0.25) is 19.2 Å². The Balaban J connectivity index is 1.46. The van der Waals surface area contributed by atoms with E-state index >= 15 is 0 Å². The number of carbonyl (C=O) groups excluding carboxylic acids is 5. The maximum atomic E-state index is 14.0. The molecule has 1 aliphatic carbocycles. The molecule has 2 aliphatic heterocycles. The number of hydrogen-bond donors (Lipinski definition) is 0. The van der Waals surface area contributed by atoms with Gasteiger partial charge in [-0.2, -0.15) is 0 Å². The van der Waals surface area contributed by atoms with Crippen molar-refractivity contribution < 1.29 is 33.4 Å². The molecule has 0 bridgehead atoms. The van der Waals surface area contributed by atoms with Gasteiger partial charge in [-0.25, -0.2) is 9.69 Å². The summed E-state index contributed by atoms with van der Waals surface area (Å²) in [5, 5.41) is 0. The molecule has 2 amide bonds. The number of carbonyl (C=O) groups is 5. The predicted octanol–water partition coefficient (Wildman–Crippen LogP) is 3.87. The summed E-state index contributed by atoms with van der Waals surface area (Å²) in [7, 11) is 0. The number of imide groups is 1. The summed E-state index contributed by atoms with van der Waals surface area (Å²) in [6.45, 7) is 3.81. The normalized spacial score (nSPS) is 23.2. The first-order valence-corrected chi connectivity index (χ1v) is 12.4. The molecule has 190 valence electrons. The summed E-state index contributed by atoms with van der Waals surface area (Å²) in [5.41, 5.74) is 0.308. The van der Waals surface area contributed by atoms with Gasteiger partial charge in [0.15, 0.2) is 0 Å². The fourth-order valence-corrected chi connectivity index (χ4v) is 5.79. The third kappa shape index (κ3) is 3.16. The number of aryl methyl sites for hydroxylation is 1. The Kier molecular flexibility index (Phi) is 5.39. The third-order valence-corrected chi connectivity index (χ3v) is 7.56. The molecule has 0 unspecified atom stereocenters. The minimum absolute atomic E-state index is 0.179. The Labute approximate surface area is 218 Å². The van der Waals surface area contributed by atoms with Crippen molar-refractivity contribution in [2.24, 2.45) is 11.8 Å². The van der Waals surface area contributed by atoms with Crippen LogP contribution in [0.4, 0.5) is 5.69 Å². The molecule has 3 aromatic rings. The molecule has 8 nitrogen and oxygen atoms in total. The average Bonchev–Trinajstić information content (AvgIpc) is 3.49. The topological polar surface area (TPSA) is 107 Å². The largest absolute Gasteiger partial charge is 0.462 e. The zero-order valence-electron chi connectivity index (χ0n) is 20.7. The molecule has 6 rings (SSSR count). The van der Waals surface area contributed by atoms with Crippen LogP contribution in [-0.2, 0) is 19.1 Å². The van der Waals surface area contributed by atoms with Crippen LogP contribution in [-0.4, -0.2) is 41.6 Å². The van der Waals surface area contributed by atoms with E-state index in [0.29, 0.717) is 5.56 Å². The number of ether oxygens (including phenoxy) is 2. The lowest BCUT2D eigenvalue weighted by molar-refractivity contribution is -0.127. The standard InChI is InChI=1S/C30H23NO7/c1-3-37-29(36)18-12-14-19(15-13-18)31-27(34)22-23(28(31)35)30(38-24(22)17-10-8-16(2)9-11-17)25(32)20-6-4-5-7-21(20)26(30)33/h4-15,22-24H,3H2,1-2H3/t22-,23+,24-/m0/s1. The van der Waals surface area contributed by atoms with E-state index in [1.165, 1.54) is 36.4 Å². The summed E-state index contributed by atoms with van der Waals surface area (Å²) >= 11 is 0. The monoisotopic (exact) mass is 509 g/mol. The maximum absolute atomic E-state index is 14.0. The summed E-state index contributed by atoms with van der Waals surface area (Å²) in [5.74, 6) is -5.42. The third-order valence-electron chi connectivity index (χ3n) is 7.56. The molecular weight excluding hydrogens is 486 g/mol. The summed E-state index contributed by atoms with van der Waals surface area (Å²) in [4.78, 5) is 68.6. The SMILES string of the molecule is CCOC(=O)c1ccc(N2C(=O)[C@@H]3[C@H](c4ccc(C)cc4)OC4(C(=O)c5ccccc5C4=O)[C@H]3C2=O)cc1. The Morgan fingerprint density at radius 1 is 0.868 bits per heavy atom. The first kappa shape index (κ1) is 23.9. The molecule has 0 saturated carbocycles. The van der Waals surface area contributed by atoms with E-state index in [2.05, 4.69) is 0 Å². The number of esters is 1. The highest BCUT2D eigenvalue weighted by Crippen LogP contribution is 2.57. The van der Waals surface area contributed by atoms with Gasteiger partial charge in [0, 0.05) is 11.1 Å². The van der Waals surface area contributed by atoms with Gasteiger partial charge in [0.1, 0.15) is 0 Å². The van der Waals surface area contributed by atoms with Crippen LogP contribution >= 0.6 is 0 Å². The molecular formula is C30H23NO7. The van der Waals surface area contributed by atoms with E-state index in [1.54, 1.807) is 31.2 Å². The number of ketones is 2. The first-order valence-electron chi connectivity index (χ1n) is 12.4. The zero-order valence-corrected chi connectivity index (χ0v) is 20.7. The fourth-order valence-electron chi connectivity index (χ4n) is 5.79. The number of fused-ring (bicyclic) bond motifs is 3. The number of nitrogens with zero attached hydrogens (tertiary/aromatic N) is 1. The van der Waals surface area contributed by atoms with E-state index in [-0.39, 0.29) is 29.0 Å². The van der Waals surface area contributed by atoms with Gasteiger partial charge in [-0.15, -0.1) is 0 Å². The number of rotatable bonds is 4. The highest BCUT2D eigenvalue weighted by Gasteiger charge is 2.74. The highest BCUT2D eigenvalue weighted by molar-refractivity contribution is 6.37. The molecule has 3 aliphatic rings. The van der Waals surface area contributed by atoms with Crippen molar-refractivity contribution in [2.45, 2.75) is 25.6 Å². The van der Waals surface area contributed by atoms with Gasteiger partial charge < -0.3 is 9.47 Å². The lowest BCUT2D eigenvalue weighted by Crippen LogP contribution is -2.51. The van der Waals surface area contributed by atoms with Crippen LogP contribution in [0.2, 0.25) is 0 Å². The van der Waals surface area contributed by atoms with E-state index in [9.17, 15) is 24.0 Å². The molecule has 3 atom stereocenters. The van der Waals surface area contributed by atoms with Crippen molar-refractivity contribution in [3.8, 4) is 0 Å². The molecule has 1 spiro atoms. The van der Waals surface area contributed by atoms with Crippen LogP contribution in [0.3, 0.4) is 0 Å². The van der Waals surface area contributed by atoms with Crippen molar-refractivity contribution in [1.29, 1.82) is 0 Å². The Hall–Kier alpha value is -4.43. The van der Waals surface area contributed by atoms with Gasteiger partial charge in [0.05, 0.1) is 35.8 Å². The van der Waals surface area contributed by atoms with Gasteiger partial charge in [-0.1, -0.05) is 54.1 Å². The summed E-state index contributed by atoms with van der Waals surface area (Å²) in [6.07, 6.45) is -0.983. The smallest absolute Gasteiger partial charge is 0.338 e. The van der Waals surface area contributed by atoms with Crippen molar-refractivity contribution in [3.05, 3.63) is 101 Å². The van der Waals surface area contributed by atoms with Gasteiger partial charge >= 0.3 is 5.97 Å². The van der Waals surface area contributed by atoms with Crippen molar-refractivity contribution >= 4 is 35.0 Å². The van der Waals surface area contributed by atoms with E-state index in [1.807, 2.05) is 19.1 Å². The number of Topliss-reactive ketones (excluding diaryl/α,β-unsaturated/α-hetero) is 2. The van der Waals surface area contributed by atoms with Gasteiger partial charge in [-0.05, 0) is 43.7 Å². The lowest BCUT2D eigenvalue weighted by Gasteiger charge is -2.27. The molecule has 2 saturated heterocycles. The predicted molar refractivity (Wildman–Crippen MR) is 135 cm³/mol. The van der Waals surface area contributed by atoms with Crippen LogP contribution in [0.15, 0.2) is 72.8 Å². The quantitative estimate of drug-likeness (QED) is 0.299. The van der Waals surface area contributed by atoms with Crippen LogP contribution in [0.1, 0.15) is 55.2 Å². The van der Waals surface area contributed by atoms with Crippen LogP contribution in [0.5, 0.6) is 0 Å². The number of hydrogen-bond acceptors (Lipinski definition) is 7. The Morgan fingerprint density at radius 3 is 2.05 bits per heavy atom. The number of amides is 2. The molecule has 0 aromatic heterocycles. The zero-order chi connectivity index (χ0) is 26.8. The average molecular weight is 510 g/mol. The Morgan fingerprint density at radius 2 is 1.47 bits per heavy atom. The second kappa shape index (κ2) is 8.56. The fraction of sp³-hybridized carbons (Fsp3) is 0.233. The molecule has 38 heavy (non-hydrogen) atoms. The van der Waals surface area contributed by atoms with Crippen LogP contribution in [0, 0.1) is 18.8 Å². The number of anilines is 1. The van der Waals surface area contributed by atoms with Crippen LogP contribution < -0.4 is 4.90 Å². The minimum Gasteiger partial charge on any atom is -0.462 e.